The van der Waals surface area contributed by atoms with Crippen LogP contribution in [0.2, 0.25) is 0 Å². The zero-order chi connectivity index (χ0) is 53.7. The van der Waals surface area contributed by atoms with Gasteiger partial charge in [0.05, 0.1) is 45.3 Å². The Morgan fingerprint density at radius 2 is 1.04 bits per heavy atom. The van der Waals surface area contributed by atoms with Crippen LogP contribution in [0.4, 0.5) is 17.1 Å². The molecule has 0 N–H and O–H groups in total. The highest BCUT2D eigenvalue weighted by molar-refractivity contribution is 6.14. The molecule has 0 amide bonds. The lowest BCUT2D eigenvalue weighted by Crippen LogP contribution is -2.16. The molecule has 3 heteroatoms. The predicted octanol–water partition coefficient (Wildman–Crippen LogP) is 12.9. The Bertz CT molecular complexity index is 4110. The number of benzene rings is 7. The van der Waals surface area contributed by atoms with Crippen molar-refractivity contribution < 1.29 is 43.1 Å². The minimum absolute atomic E-state index is 0.0683. The van der Waals surface area contributed by atoms with Gasteiger partial charge in [0.25, 0.3) is 0 Å². The second-order valence-corrected chi connectivity index (χ2v) is 11.4. The Morgan fingerprint density at radius 1 is 0.479 bits per heavy atom. The predicted molar refractivity (Wildman–Crippen MR) is 199 cm³/mol. The van der Waals surface area contributed by atoms with Gasteiger partial charge in [0.2, 0.25) is 0 Å². The number of hydrogen-bond donors (Lipinski definition) is 0. The van der Waals surface area contributed by atoms with E-state index < -0.39 is 229 Å². The van der Waals surface area contributed by atoms with Crippen LogP contribution >= 0.6 is 0 Å². The highest BCUT2D eigenvalue weighted by Crippen LogP contribution is 2.51. The summed E-state index contributed by atoms with van der Waals surface area (Å²) >= 11 is 0. The monoisotopic (exact) mass is 642 g/mol. The average Bonchev–Trinajstić information content (AvgIpc) is 4.02. The normalized spacial score (nSPS) is 20.7. The van der Waals surface area contributed by atoms with E-state index in [1.54, 1.807) is 0 Å². The summed E-state index contributed by atoms with van der Waals surface area (Å²) < 4.78 is 237. The second-order valence-electron chi connectivity index (χ2n) is 11.4. The van der Waals surface area contributed by atoms with Crippen molar-refractivity contribution >= 4 is 60.9 Å². The van der Waals surface area contributed by atoms with E-state index in [1.807, 2.05) is 0 Å². The van der Waals surface area contributed by atoms with Crippen LogP contribution in [-0.4, -0.2) is 0 Å². The zero-order valence-electron chi connectivity index (χ0n) is 49.8. The summed E-state index contributed by atoms with van der Waals surface area (Å²) in [7, 11) is 0. The van der Waals surface area contributed by atoms with Crippen LogP contribution < -0.4 is 4.90 Å². The lowest BCUT2D eigenvalue weighted by molar-refractivity contribution is 0.660. The summed E-state index contributed by atoms with van der Waals surface area (Å²) in [6, 6.07) is -21.0. The molecule has 0 saturated heterocycles. The number of para-hydroxylation sites is 2. The van der Waals surface area contributed by atoms with E-state index in [0.717, 1.165) is 0 Å². The maximum absolute atomic E-state index is 10.0. The Hall–Kier alpha value is -6.06. The summed E-state index contributed by atoms with van der Waals surface area (Å²) in [4.78, 5) is 0.629. The SMILES string of the molecule is [2H]c1c([2H])c([2H])c2c(c1[2H])-c1c([2H])c([2H])c(N(c3c([2H])c([2H])c(-c4c([2H])c([2H])c([2H])c5oc6c([2H])c([2H])c([2H])c([2H])c6c45)c([2H])c3[2H])c3c([2H])c([2H])c([2H])c4oc5c([2H])c([2H])c([2H])c([2H])c5c34)c([2H])c1C2(C)C. The first kappa shape index (κ1) is 12.2. The lowest BCUT2D eigenvalue weighted by atomic mass is 9.82. The minimum Gasteiger partial charge on any atom is -0.456 e. The molecule has 0 radical (unpaired) electrons. The minimum atomic E-state index is -1.62. The standard InChI is InChI=1S/C45H31NO2/c1-45(2)36-15-6-3-11-32(36)33-26-25-30(27-37(33)45)46(38-16-10-20-42-44(38)35-13-5-8-18-40(35)48-42)29-23-21-28(22-24-29)31-14-9-19-41-43(31)34-12-4-7-17-39(34)47-41/h3-27H,1-2H3/i3D,4D,5D,6D,7D,8D,9D,10D,11D,12D,13D,14D,15D,16D,17D,18D,19D,20D,21D,22D,23D,24D,25D,26D,27D. The Balaban J connectivity index is 1.43. The summed E-state index contributed by atoms with van der Waals surface area (Å²) in [5.41, 5.74) is -8.76. The largest absolute Gasteiger partial charge is 0.456 e. The molecule has 1 aliphatic carbocycles. The summed E-state index contributed by atoms with van der Waals surface area (Å²) in [5, 5.41) is -1.97. The van der Waals surface area contributed by atoms with Gasteiger partial charge in [0.1, 0.15) is 22.3 Å². The van der Waals surface area contributed by atoms with Gasteiger partial charge in [-0.3, -0.25) is 0 Å². The molecule has 3 nitrogen and oxygen atoms in total. The number of rotatable bonds is 4. The van der Waals surface area contributed by atoms with Gasteiger partial charge < -0.3 is 13.7 Å². The van der Waals surface area contributed by atoms with Gasteiger partial charge >= 0.3 is 0 Å². The fraction of sp³-hybridized carbons (Fsp3) is 0.0667. The first-order valence-corrected chi connectivity index (χ1v) is 14.5. The van der Waals surface area contributed by atoms with Gasteiger partial charge in [0.15, 0.2) is 0 Å². The number of fused-ring (bicyclic) bond motifs is 9. The van der Waals surface area contributed by atoms with Crippen molar-refractivity contribution in [1.82, 2.24) is 0 Å². The van der Waals surface area contributed by atoms with E-state index >= 15 is 0 Å². The molecule has 1 aliphatic rings. The Morgan fingerprint density at radius 3 is 1.81 bits per heavy atom. The van der Waals surface area contributed by atoms with E-state index in [-0.39, 0.29) is 22.3 Å². The van der Waals surface area contributed by atoms with Gasteiger partial charge in [-0.05, 0) is 87.8 Å². The van der Waals surface area contributed by atoms with E-state index in [2.05, 4.69) is 0 Å². The Labute approximate surface area is 313 Å². The van der Waals surface area contributed by atoms with Crippen molar-refractivity contribution in [3.8, 4) is 22.3 Å². The Kier molecular flexibility index (Phi) is 2.53. The fourth-order valence-corrected chi connectivity index (χ4v) is 6.20. The molecular weight excluding hydrogens is 587 g/mol. The van der Waals surface area contributed by atoms with Crippen molar-refractivity contribution in [1.29, 1.82) is 0 Å². The van der Waals surface area contributed by atoms with E-state index in [0.29, 0.717) is 4.90 Å². The van der Waals surface area contributed by atoms with E-state index in [4.69, 9.17) is 32.1 Å². The van der Waals surface area contributed by atoms with Crippen LogP contribution in [0.15, 0.2) is 160 Å². The molecule has 0 aliphatic heterocycles. The topological polar surface area (TPSA) is 29.5 Å². The quantitative estimate of drug-likeness (QED) is 0.191. The number of hydrogen-bond acceptors (Lipinski definition) is 3. The molecule has 0 saturated carbocycles. The highest BCUT2D eigenvalue weighted by Gasteiger charge is 2.36. The number of furan rings is 2. The van der Waals surface area contributed by atoms with Crippen molar-refractivity contribution in [2.45, 2.75) is 19.3 Å². The molecule has 2 heterocycles. The summed E-state index contributed by atoms with van der Waals surface area (Å²) in [5.74, 6) is 0. The molecule has 0 bridgehead atoms. The first-order valence-electron chi connectivity index (χ1n) is 27.0. The van der Waals surface area contributed by atoms with Crippen LogP contribution in [-0.2, 0) is 5.41 Å². The fourth-order valence-electron chi connectivity index (χ4n) is 6.20. The summed E-state index contributed by atoms with van der Waals surface area (Å²) in [6.07, 6.45) is 0. The molecule has 0 unspecified atom stereocenters. The maximum Gasteiger partial charge on any atom is 0.137 e. The van der Waals surface area contributed by atoms with Crippen LogP contribution in [0, 0.1) is 0 Å². The van der Waals surface area contributed by atoms with Crippen LogP contribution in [0.25, 0.3) is 66.1 Å². The molecule has 2 aromatic heterocycles. The molecule has 10 rings (SSSR count). The van der Waals surface area contributed by atoms with Crippen LogP contribution in [0.3, 0.4) is 0 Å². The van der Waals surface area contributed by atoms with Gasteiger partial charge in [-0.2, -0.15) is 0 Å². The van der Waals surface area contributed by atoms with Crippen molar-refractivity contribution in [3.05, 3.63) is 162 Å². The van der Waals surface area contributed by atoms with Gasteiger partial charge in [-0.1, -0.05) is 111 Å². The average molecular weight is 643 g/mol. The zero-order valence-corrected chi connectivity index (χ0v) is 24.8. The molecule has 0 fully saturated rings. The molecule has 48 heavy (non-hydrogen) atoms. The third-order valence-corrected chi connectivity index (χ3v) is 8.40. The number of anilines is 3. The molecule has 9 aromatic rings. The first-order chi connectivity index (χ1) is 34.0. The van der Waals surface area contributed by atoms with Crippen LogP contribution in [0.1, 0.15) is 59.2 Å². The third kappa shape index (κ3) is 3.82. The van der Waals surface area contributed by atoms with Crippen LogP contribution in [0.5, 0.6) is 0 Å². The van der Waals surface area contributed by atoms with Crippen molar-refractivity contribution in [2.75, 3.05) is 4.90 Å². The lowest BCUT2D eigenvalue weighted by Gasteiger charge is -2.28. The molecular formula is C45H31NO2. The van der Waals surface area contributed by atoms with E-state index in [1.165, 1.54) is 13.8 Å². The maximum atomic E-state index is 10.0. The van der Waals surface area contributed by atoms with Gasteiger partial charge in [-0.25, -0.2) is 0 Å². The third-order valence-electron chi connectivity index (χ3n) is 8.40. The second kappa shape index (κ2) is 9.97. The van der Waals surface area contributed by atoms with E-state index in [9.17, 15) is 11.0 Å². The van der Waals surface area contributed by atoms with Gasteiger partial charge in [-0.15, -0.1) is 0 Å². The molecule has 0 spiro atoms. The number of nitrogens with zero attached hydrogens (tertiary/aromatic N) is 1. The van der Waals surface area contributed by atoms with Crippen molar-refractivity contribution in [2.24, 2.45) is 0 Å². The molecule has 7 aromatic carbocycles. The molecule has 0 atom stereocenters. The van der Waals surface area contributed by atoms with Crippen molar-refractivity contribution in [3.63, 3.8) is 0 Å². The van der Waals surface area contributed by atoms with Gasteiger partial charge in [0, 0.05) is 32.9 Å². The molecule has 228 valence electrons. The smallest absolute Gasteiger partial charge is 0.137 e. The highest BCUT2D eigenvalue weighted by atomic mass is 16.3. The summed E-state index contributed by atoms with van der Waals surface area (Å²) in [6.45, 7) is 2.95.